The molecule has 0 unspecified atom stereocenters. The van der Waals surface area contributed by atoms with Crippen molar-refractivity contribution in [2.75, 3.05) is 45.3 Å². The largest absolute Gasteiger partial charge is 0.493 e. The Morgan fingerprint density at radius 3 is 2.31 bits per heavy atom. The van der Waals surface area contributed by atoms with Gasteiger partial charge in [-0.1, -0.05) is 19.9 Å². The number of ether oxygens (including phenoxy) is 2. The van der Waals surface area contributed by atoms with Crippen molar-refractivity contribution in [2.45, 2.75) is 39.3 Å². The highest BCUT2D eigenvalue weighted by molar-refractivity contribution is 5.46. The average molecular weight is 483 g/mol. The number of piperazine rings is 1. The first-order chi connectivity index (χ1) is 17.0. The maximum atomic E-state index is 13.3. The smallest absolute Gasteiger partial charge is 0.168 e. The lowest BCUT2D eigenvalue weighted by Gasteiger charge is -2.40. The van der Waals surface area contributed by atoms with Crippen molar-refractivity contribution in [1.29, 1.82) is 0 Å². The molecule has 1 aliphatic heterocycles. The molecule has 1 aromatic heterocycles. The molecule has 4 rings (SSSR count). The molecule has 35 heavy (non-hydrogen) atoms. The minimum atomic E-state index is -0.204. The fourth-order valence-corrected chi connectivity index (χ4v) is 4.69. The maximum Gasteiger partial charge on any atom is 0.168 e. The van der Waals surface area contributed by atoms with Gasteiger partial charge in [-0.05, 0) is 71.1 Å². The van der Waals surface area contributed by atoms with E-state index in [-0.39, 0.29) is 11.9 Å². The molecule has 0 amide bonds. The van der Waals surface area contributed by atoms with Crippen LogP contribution in [-0.4, -0.2) is 65.5 Å². The molecular weight excluding hydrogens is 447 g/mol. The number of rotatable bonds is 10. The zero-order valence-corrected chi connectivity index (χ0v) is 21.0. The molecule has 0 saturated carbocycles. The topological polar surface area (TPSA) is 68.5 Å². The second-order valence-electron chi connectivity index (χ2n) is 9.34. The summed E-state index contributed by atoms with van der Waals surface area (Å²) in [6.45, 7) is 8.72. The molecule has 1 fully saturated rings. The number of methoxy groups -OCH3 is 2. The van der Waals surface area contributed by atoms with Crippen LogP contribution in [0, 0.1) is 11.7 Å². The van der Waals surface area contributed by atoms with Gasteiger partial charge in [0.15, 0.2) is 17.3 Å². The fourth-order valence-electron chi connectivity index (χ4n) is 4.69. The van der Waals surface area contributed by atoms with Crippen LogP contribution < -0.4 is 14.4 Å². The minimum Gasteiger partial charge on any atom is -0.493 e. The van der Waals surface area contributed by atoms with Gasteiger partial charge in [0.05, 0.1) is 20.3 Å². The summed E-state index contributed by atoms with van der Waals surface area (Å²) in [4.78, 5) is 4.79. The van der Waals surface area contributed by atoms with Gasteiger partial charge in [-0.2, -0.15) is 0 Å². The van der Waals surface area contributed by atoms with Crippen molar-refractivity contribution in [3.05, 3.63) is 59.7 Å². The summed E-state index contributed by atoms with van der Waals surface area (Å²) in [6, 6.07) is 12.9. The number of anilines is 1. The summed E-state index contributed by atoms with van der Waals surface area (Å²) < 4.78 is 26.1. The summed E-state index contributed by atoms with van der Waals surface area (Å²) in [6.07, 6.45) is 1.76. The summed E-state index contributed by atoms with van der Waals surface area (Å²) in [5.74, 6) is 2.65. The monoisotopic (exact) mass is 482 g/mol. The van der Waals surface area contributed by atoms with E-state index in [1.54, 1.807) is 14.2 Å². The Hall–Kier alpha value is -3.20. The number of hydrogen-bond donors (Lipinski definition) is 0. The van der Waals surface area contributed by atoms with Crippen LogP contribution in [0.2, 0.25) is 0 Å². The molecule has 9 heteroatoms. The Morgan fingerprint density at radius 2 is 1.66 bits per heavy atom. The third kappa shape index (κ3) is 6.08. The van der Waals surface area contributed by atoms with Crippen LogP contribution in [0.15, 0.2) is 42.5 Å². The minimum absolute atomic E-state index is 0.144. The summed E-state index contributed by atoms with van der Waals surface area (Å²) in [7, 11) is 3.28. The number of aromatic nitrogens is 4. The Balaban J connectivity index is 1.45. The van der Waals surface area contributed by atoms with Crippen LogP contribution in [0.3, 0.4) is 0 Å². The molecular formula is C26H35FN6O2. The Bertz CT molecular complexity index is 1080. The molecule has 188 valence electrons. The number of aryl methyl sites for hydroxylation is 2. The first-order valence-electron chi connectivity index (χ1n) is 12.2. The van der Waals surface area contributed by atoms with E-state index in [2.05, 4.69) is 39.2 Å². The molecule has 1 aliphatic rings. The van der Waals surface area contributed by atoms with Gasteiger partial charge in [-0.25, -0.2) is 9.07 Å². The van der Waals surface area contributed by atoms with E-state index in [9.17, 15) is 4.39 Å². The van der Waals surface area contributed by atoms with Crippen LogP contribution in [0.1, 0.15) is 37.7 Å². The van der Waals surface area contributed by atoms with Gasteiger partial charge in [0.1, 0.15) is 5.82 Å². The van der Waals surface area contributed by atoms with Gasteiger partial charge < -0.3 is 14.4 Å². The number of nitrogens with zero attached hydrogens (tertiary/aromatic N) is 6. The lowest BCUT2D eigenvalue weighted by Crippen LogP contribution is -2.48. The van der Waals surface area contributed by atoms with Crippen LogP contribution >= 0.6 is 0 Å². The van der Waals surface area contributed by atoms with E-state index in [4.69, 9.17) is 9.47 Å². The predicted molar refractivity (Wildman–Crippen MR) is 133 cm³/mol. The molecule has 0 bridgehead atoms. The van der Waals surface area contributed by atoms with Gasteiger partial charge in [0, 0.05) is 38.4 Å². The highest BCUT2D eigenvalue weighted by atomic mass is 19.1. The van der Waals surface area contributed by atoms with Crippen molar-refractivity contribution in [1.82, 2.24) is 25.1 Å². The average Bonchev–Trinajstić information content (AvgIpc) is 3.34. The zero-order valence-electron chi connectivity index (χ0n) is 21.0. The van der Waals surface area contributed by atoms with Crippen LogP contribution in [0.5, 0.6) is 11.5 Å². The van der Waals surface area contributed by atoms with E-state index in [1.807, 2.05) is 35.0 Å². The van der Waals surface area contributed by atoms with E-state index in [0.717, 1.165) is 67.6 Å². The van der Waals surface area contributed by atoms with Gasteiger partial charge in [-0.15, -0.1) is 5.10 Å². The number of benzene rings is 2. The molecule has 1 atom stereocenters. The summed E-state index contributed by atoms with van der Waals surface area (Å²) in [5.41, 5.74) is 2.20. The van der Waals surface area contributed by atoms with Gasteiger partial charge >= 0.3 is 0 Å². The highest BCUT2D eigenvalue weighted by Gasteiger charge is 2.30. The van der Waals surface area contributed by atoms with Gasteiger partial charge in [0.2, 0.25) is 0 Å². The first kappa shape index (κ1) is 24.9. The summed E-state index contributed by atoms with van der Waals surface area (Å²) in [5, 5.41) is 12.8. The van der Waals surface area contributed by atoms with Crippen LogP contribution in [0.4, 0.5) is 10.1 Å². The van der Waals surface area contributed by atoms with Gasteiger partial charge in [-0.3, -0.25) is 4.90 Å². The van der Waals surface area contributed by atoms with Crippen molar-refractivity contribution < 1.29 is 13.9 Å². The fraction of sp³-hybridized carbons (Fsp3) is 0.500. The molecule has 2 heterocycles. The van der Waals surface area contributed by atoms with E-state index in [1.165, 1.54) is 12.1 Å². The molecule has 0 aliphatic carbocycles. The highest BCUT2D eigenvalue weighted by Crippen LogP contribution is 2.30. The molecule has 0 radical (unpaired) electrons. The normalized spacial score (nSPS) is 15.4. The Labute approximate surface area is 206 Å². The molecule has 0 N–H and O–H groups in total. The molecule has 8 nitrogen and oxygen atoms in total. The Morgan fingerprint density at radius 1 is 0.943 bits per heavy atom. The lowest BCUT2D eigenvalue weighted by molar-refractivity contribution is 0.152. The maximum absolute atomic E-state index is 13.3. The standard InChI is InChI=1S/C26H35FN6O2/c1-19(2)17-23(32-15-13-31(14-16-32)22-8-6-21(27)7-9-22)26-28-29-30-33(26)12-11-20-5-10-24(34-3)25(18-20)35-4/h5-10,18-19,23H,11-17H2,1-4H3/t23-/m0/s1. The number of halogens is 1. The summed E-state index contributed by atoms with van der Waals surface area (Å²) >= 11 is 0. The second-order valence-corrected chi connectivity index (χ2v) is 9.34. The Kier molecular flexibility index (Phi) is 8.17. The number of hydrogen-bond acceptors (Lipinski definition) is 7. The SMILES string of the molecule is COc1ccc(CCn2nnnc2[C@H](CC(C)C)N2CCN(c3ccc(F)cc3)CC2)cc1OC. The van der Waals surface area contributed by atoms with Crippen molar-refractivity contribution in [3.8, 4) is 11.5 Å². The van der Waals surface area contributed by atoms with E-state index >= 15 is 0 Å². The van der Waals surface area contributed by atoms with Crippen molar-refractivity contribution in [2.24, 2.45) is 5.92 Å². The van der Waals surface area contributed by atoms with E-state index < -0.39 is 0 Å². The quantitative estimate of drug-likeness (QED) is 0.433. The molecule has 0 spiro atoms. The van der Waals surface area contributed by atoms with Crippen molar-refractivity contribution >= 4 is 5.69 Å². The lowest BCUT2D eigenvalue weighted by atomic mass is 10.0. The number of tetrazole rings is 1. The zero-order chi connectivity index (χ0) is 24.8. The van der Waals surface area contributed by atoms with E-state index in [0.29, 0.717) is 12.5 Å². The first-order valence-corrected chi connectivity index (χ1v) is 12.2. The molecule has 2 aromatic carbocycles. The van der Waals surface area contributed by atoms with Crippen molar-refractivity contribution in [3.63, 3.8) is 0 Å². The van der Waals surface area contributed by atoms with Crippen LogP contribution in [-0.2, 0) is 13.0 Å². The molecule has 3 aromatic rings. The molecule has 1 saturated heterocycles. The third-order valence-corrected chi connectivity index (χ3v) is 6.56. The predicted octanol–water partition coefficient (Wildman–Crippen LogP) is 3.98. The van der Waals surface area contributed by atoms with Crippen LogP contribution in [0.25, 0.3) is 0 Å². The van der Waals surface area contributed by atoms with Gasteiger partial charge in [0.25, 0.3) is 0 Å². The second kappa shape index (κ2) is 11.5. The third-order valence-electron chi connectivity index (χ3n) is 6.56.